The summed E-state index contributed by atoms with van der Waals surface area (Å²) in [5.74, 6) is -2.92. The first-order chi connectivity index (χ1) is 23.0. The van der Waals surface area contributed by atoms with Crippen LogP contribution in [0.4, 0.5) is 29.3 Å². The number of hydrogen-bond donors (Lipinski definition) is 5. The second kappa shape index (κ2) is 15.1. The van der Waals surface area contributed by atoms with Crippen LogP contribution in [-0.4, -0.2) is 73.6 Å². The normalized spacial score (nSPS) is 24.4. The summed E-state index contributed by atoms with van der Waals surface area (Å²) in [5, 5.41) is 15.1. The molecule has 5 unspecified atom stereocenters. The highest BCUT2D eigenvalue weighted by Gasteiger charge is 2.52. The van der Waals surface area contributed by atoms with Crippen LogP contribution in [0.25, 0.3) is 0 Å². The standard InChI is InChI=1S/C34H37F3N6O5/c1-43(29-14-22(36)6-8-27(29)31(32(39)33(43)45)20-2-4-21(35)5-3-20)30-18-40-17-28(37)26(30)9-7-25-16-41-23(19-48-25)11-13-47-34(46)42-15-24(44)10-12-38/h2-6,8,10-11,13-14,17-18,23,25,31-32,41H,7,9,12,15-16,19,38-39H2,1H3,(H-,42,44,46)/p+1. The van der Waals surface area contributed by atoms with Crippen molar-refractivity contribution in [3.05, 3.63) is 113 Å². The highest BCUT2D eigenvalue weighted by atomic mass is 19.1. The van der Waals surface area contributed by atoms with E-state index in [0.717, 1.165) is 6.20 Å². The number of hydrogen-bond acceptors (Lipinski definition) is 9. The summed E-state index contributed by atoms with van der Waals surface area (Å²) >= 11 is 0. The van der Waals surface area contributed by atoms with Crippen molar-refractivity contribution in [2.75, 3.05) is 33.3 Å². The molecule has 254 valence electrons. The molecule has 1 saturated heterocycles. The number of aliphatic hydroxyl groups is 1. The van der Waals surface area contributed by atoms with Gasteiger partial charge in [0.15, 0.2) is 17.2 Å². The molecule has 0 spiro atoms. The number of alkyl carbamates (subject to hydrolysis) is 1. The number of benzene rings is 2. The minimum absolute atomic E-state index is 0.0817. The summed E-state index contributed by atoms with van der Waals surface area (Å²) in [6.07, 6.45) is 6.14. The molecule has 1 aromatic heterocycles. The van der Waals surface area contributed by atoms with E-state index in [-0.39, 0.29) is 61.0 Å². The third kappa shape index (κ3) is 7.42. The van der Waals surface area contributed by atoms with E-state index in [9.17, 15) is 23.5 Å². The van der Waals surface area contributed by atoms with Gasteiger partial charge in [-0.1, -0.05) is 12.1 Å². The zero-order valence-electron chi connectivity index (χ0n) is 26.2. The SMILES string of the molecule is C[N+]1(c2cncc(F)c2CCC2CNC(C=COC(=O)NCC(O)=CCN)CO2)C(=O)C(N)C(c2ccc(F)cc2)c2ccc(F)cc21. The van der Waals surface area contributed by atoms with Gasteiger partial charge in [0.25, 0.3) is 0 Å². The molecule has 14 heteroatoms. The quantitative estimate of drug-likeness (QED) is 0.160. The van der Waals surface area contributed by atoms with Crippen LogP contribution in [-0.2, 0) is 20.7 Å². The molecule has 0 saturated carbocycles. The minimum Gasteiger partial charge on any atom is -0.511 e. The highest BCUT2D eigenvalue weighted by molar-refractivity contribution is 6.02. The lowest BCUT2D eigenvalue weighted by molar-refractivity contribution is -0.129. The maximum absolute atomic E-state index is 15.5. The minimum atomic E-state index is -1.11. The lowest BCUT2D eigenvalue weighted by Gasteiger charge is -2.42. The Balaban J connectivity index is 1.29. The first kappa shape index (κ1) is 34.7. The van der Waals surface area contributed by atoms with Gasteiger partial charge in [-0.3, -0.25) is 4.98 Å². The predicted octanol–water partition coefficient (Wildman–Crippen LogP) is 3.70. The molecule has 3 aromatic rings. The molecule has 0 bridgehead atoms. The Bertz CT molecular complexity index is 1700. The average Bonchev–Trinajstić information content (AvgIpc) is 3.07. The number of aliphatic hydroxyl groups excluding tert-OH is 1. The molecule has 3 heterocycles. The van der Waals surface area contributed by atoms with E-state index < -0.39 is 45.9 Å². The monoisotopic (exact) mass is 667 g/mol. The van der Waals surface area contributed by atoms with Crippen molar-refractivity contribution < 1.29 is 37.3 Å². The van der Waals surface area contributed by atoms with Crippen molar-refractivity contribution in [2.24, 2.45) is 11.5 Å². The number of halogens is 3. The number of ether oxygens (including phenoxy) is 2. The molecular formula is C34H38F3N6O5+. The van der Waals surface area contributed by atoms with Gasteiger partial charge >= 0.3 is 12.0 Å². The van der Waals surface area contributed by atoms with Crippen LogP contribution < -0.4 is 26.6 Å². The summed E-state index contributed by atoms with van der Waals surface area (Å²) in [4.78, 5) is 30.0. The first-order valence-corrected chi connectivity index (χ1v) is 15.4. The van der Waals surface area contributed by atoms with Crippen molar-refractivity contribution in [2.45, 2.75) is 36.9 Å². The Morgan fingerprint density at radius 1 is 1.17 bits per heavy atom. The average molecular weight is 668 g/mol. The van der Waals surface area contributed by atoms with Crippen molar-refractivity contribution in [3.8, 4) is 0 Å². The number of morpholine rings is 1. The number of likely N-dealkylation sites (N-methyl/N-ethyl adjacent to an activating group) is 1. The molecule has 5 atom stereocenters. The van der Waals surface area contributed by atoms with Crippen molar-refractivity contribution in [1.82, 2.24) is 20.1 Å². The maximum atomic E-state index is 15.5. The molecule has 2 amide bonds. The number of rotatable bonds is 10. The first-order valence-electron chi connectivity index (χ1n) is 15.4. The van der Waals surface area contributed by atoms with Crippen LogP contribution in [0.15, 0.2) is 79.0 Å². The number of pyridine rings is 1. The van der Waals surface area contributed by atoms with E-state index in [1.807, 2.05) is 0 Å². The van der Waals surface area contributed by atoms with Gasteiger partial charge in [-0.05, 0) is 54.8 Å². The summed E-state index contributed by atoms with van der Waals surface area (Å²) in [6, 6.07) is 8.36. The van der Waals surface area contributed by atoms with Crippen LogP contribution >= 0.6 is 0 Å². The molecule has 48 heavy (non-hydrogen) atoms. The molecule has 5 rings (SSSR count). The topological polar surface area (TPSA) is 162 Å². The van der Waals surface area contributed by atoms with Gasteiger partial charge in [-0.2, -0.15) is 4.48 Å². The third-order valence-corrected chi connectivity index (χ3v) is 8.68. The van der Waals surface area contributed by atoms with Crippen molar-refractivity contribution in [3.63, 3.8) is 0 Å². The van der Waals surface area contributed by atoms with Gasteiger partial charge < -0.3 is 36.7 Å². The fourth-order valence-corrected chi connectivity index (χ4v) is 6.17. The Morgan fingerprint density at radius 3 is 2.62 bits per heavy atom. The van der Waals surface area contributed by atoms with E-state index in [0.29, 0.717) is 24.1 Å². The molecule has 0 aliphatic carbocycles. The number of nitrogens with zero attached hydrogens (tertiary/aromatic N) is 2. The number of amides is 2. The van der Waals surface area contributed by atoms with Gasteiger partial charge in [0.05, 0.1) is 56.6 Å². The summed E-state index contributed by atoms with van der Waals surface area (Å²) < 4.78 is 54.4. The van der Waals surface area contributed by atoms with Gasteiger partial charge in [0, 0.05) is 30.6 Å². The fourth-order valence-electron chi connectivity index (χ4n) is 6.17. The van der Waals surface area contributed by atoms with Crippen LogP contribution in [0.3, 0.4) is 0 Å². The zero-order valence-corrected chi connectivity index (χ0v) is 26.2. The Labute approximate surface area is 275 Å². The number of fused-ring (bicyclic) bond motifs is 1. The second-order valence-corrected chi connectivity index (χ2v) is 11.7. The number of aromatic nitrogens is 1. The maximum Gasteiger partial charge on any atom is 0.412 e. The van der Waals surface area contributed by atoms with E-state index >= 15 is 4.39 Å². The lowest BCUT2D eigenvalue weighted by atomic mass is 9.79. The van der Waals surface area contributed by atoms with E-state index in [2.05, 4.69) is 15.6 Å². The smallest absolute Gasteiger partial charge is 0.412 e. The molecular weight excluding hydrogens is 629 g/mol. The number of carbonyl (C=O) groups is 2. The van der Waals surface area contributed by atoms with Crippen LogP contribution in [0, 0.1) is 17.5 Å². The Morgan fingerprint density at radius 2 is 1.92 bits per heavy atom. The molecule has 1 fully saturated rings. The number of nitrogens with two attached hydrogens (primary N) is 2. The Hall–Kier alpha value is -4.60. The van der Waals surface area contributed by atoms with Crippen LogP contribution in [0.2, 0.25) is 0 Å². The van der Waals surface area contributed by atoms with Gasteiger partial charge in [-0.15, -0.1) is 0 Å². The van der Waals surface area contributed by atoms with E-state index in [1.165, 1.54) is 42.8 Å². The van der Waals surface area contributed by atoms with Gasteiger partial charge in [0.2, 0.25) is 0 Å². The molecule has 11 nitrogen and oxygen atoms in total. The van der Waals surface area contributed by atoms with Crippen LogP contribution in [0.5, 0.6) is 0 Å². The molecule has 2 aliphatic rings. The number of quaternary nitrogens is 1. The van der Waals surface area contributed by atoms with Crippen LogP contribution in [0.1, 0.15) is 29.0 Å². The summed E-state index contributed by atoms with van der Waals surface area (Å²) in [5.41, 5.74) is 13.8. The molecule has 7 N–H and O–H groups in total. The Kier molecular flexibility index (Phi) is 10.9. The van der Waals surface area contributed by atoms with Crippen molar-refractivity contribution in [1.29, 1.82) is 0 Å². The lowest BCUT2D eigenvalue weighted by Crippen LogP contribution is -2.60. The molecule has 0 radical (unpaired) electrons. The van der Waals surface area contributed by atoms with Crippen molar-refractivity contribution >= 4 is 23.4 Å². The second-order valence-electron chi connectivity index (χ2n) is 11.7. The van der Waals surface area contributed by atoms with Gasteiger partial charge in [-0.25, -0.2) is 22.8 Å². The predicted molar refractivity (Wildman–Crippen MR) is 172 cm³/mol. The highest BCUT2D eigenvalue weighted by Crippen LogP contribution is 2.48. The zero-order chi connectivity index (χ0) is 34.4. The van der Waals surface area contributed by atoms with E-state index in [4.69, 9.17) is 20.9 Å². The summed E-state index contributed by atoms with van der Waals surface area (Å²) in [6.45, 7) is 0.675. The van der Waals surface area contributed by atoms with E-state index in [1.54, 1.807) is 31.3 Å². The molecule has 2 aromatic carbocycles. The number of carbonyl (C=O) groups excluding carboxylic acids is 2. The molecule has 2 aliphatic heterocycles. The third-order valence-electron chi connectivity index (χ3n) is 8.68. The van der Waals surface area contributed by atoms with Gasteiger partial charge in [0.1, 0.15) is 23.4 Å². The summed E-state index contributed by atoms with van der Waals surface area (Å²) in [7, 11) is 1.55. The number of nitrogens with one attached hydrogen (secondary N) is 2. The largest absolute Gasteiger partial charge is 0.511 e. The fraction of sp³-hybridized carbons (Fsp3) is 0.324.